The Morgan fingerprint density at radius 2 is 1.76 bits per heavy atom. The summed E-state index contributed by atoms with van der Waals surface area (Å²) in [5, 5.41) is 0. The summed E-state index contributed by atoms with van der Waals surface area (Å²) >= 11 is 0. The van der Waals surface area contributed by atoms with Gasteiger partial charge < -0.3 is 4.74 Å². The topological polar surface area (TPSA) is 9.23 Å². The second-order valence-corrected chi connectivity index (χ2v) is 5.23. The molecule has 0 amide bonds. The Hall–Kier alpha value is -0.820. The Balaban J connectivity index is 1.68. The van der Waals surface area contributed by atoms with Crippen LogP contribution in [0.2, 0.25) is 0 Å². The van der Waals surface area contributed by atoms with Crippen LogP contribution in [0.5, 0.6) is 0 Å². The van der Waals surface area contributed by atoms with Crippen LogP contribution >= 0.6 is 0 Å². The number of hydrogen-bond donors (Lipinski definition) is 0. The zero-order valence-electron chi connectivity index (χ0n) is 10.9. The van der Waals surface area contributed by atoms with Crippen LogP contribution in [0, 0.1) is 5.92 Å². The van der Waals surface area contributed by atoms with Gasteiger partial charge in [-0.3, -0.25) is 0 Å². The van der Waals surface area contributed by atoms with Gasteiger partial charge in [0.25, 0.3) is 0 Å². The first-order valence-electron chi connectivity index (χ1n) is 7.04. The molecule has 1 saturated carbocycles. The van der Waals surface area contributed by atoms with Crippen molar-refractivity contribution in [3.8, 4) is 0 Å². The smallest absolute Gasteiger partial charge is 0.0720 e. The third-order valence-corrected chi connectivity index (χ3v) is 3.82. The third-order valence-electron chi connectivity index (χ3n) is 3.82. The van der Waals surface area contributed by atoms with Crippen molar-refractivity contribution < 1.29 is 4.74 Å². The van der Waals surface area contributed by atoms with Crippen molar-refractivity contribution in [1.29, 1.82) is 0 Å². The van der Waals surface area contributed by atoms with Gasteiger partial charge in [-0.25, -0.2) is 0 Å². The van der Waals surface area contributed by atoms with E-state index in [0.717, 1.165) is 12.5 Å². The van der Waals surface area contributed by atoms with Crippen molar-refractivity contribution in [3.05, 3.63) is 35.9 Å². The summed E-state index contributed by atoms with van der Waals surface area (Å²) in [5.41, 5.74) is 1.29. The van der Waals surface area contributed by atoms with Crippen molar-refractivity contribution in [2.75, 3.05) is 0 Å². The Bertz CT molecular complexity index is 299. The van der Waals surface area contributed by atoms with Gasteiger partial charge in [0.2, 0.25) is 0 Å². The minimum atomic E-state index is 0.503. The predicted molar refractivity (Wildman–Crippen MR) is 71.9 cm³/mol. The van der Waals surface area contributed by atoms with Crippen molar-refractivity contribution in [1.82, 2.24) is 0 Å². The summed E-state index contributed by atoms with van der Waals surface area (Å²) < 4.78 is 6.00. The van der Waals surface area contributed by atoms with Crippen LogP contribution < -0.4 is 0 Å². The van der Waals surface area contributed by atoms with Gasteiger partial charge in [0.05, 0.1) is 12.7 Å². The molecule has 0 N–H and O–H groups in total. The SMILES string of the molecule is CCCC1CCC(OCc2ccccc2)CC1. The molecule has 1 heteroatoms. The van der Waals surface area contributed by atoms with Crippen molar-refractivity contribution in [2.24, 2.45) is 5.92 Å². The van der Waals surface area contributed by atoms with Crippen LogP contribution in [0.15, 0.2) is 30.3 Å². The van der Waals surface area contributed by atoms with Crippen LogP contribution in [-0.2, 0) is 11.3 Å². The average Bonchev–Trinajstić information content (AvgIpc) is 2.40. The Morgan fingerprint density at radius 1 is 1.06 bits per heavy atom. The fourth-order valence-corrected chi connectivity index (χ4v) is 2.78. The second-order valence-electron chi connectivity index (χ2n) is 5.23. The van der Waals surface area contributed by atoms with Gasteiger partial charge in [0.1, 0.15) is 0 Å². The van der Waals surface area contributed by atoms with E-state index in [1.54, 1.807) is 0 Å². The average molecular weight is 232 g/mol. The van der Waals surface area contributed by atoms with Gasteiger partial charge in [-0.15, -0.1) is 0 Å². The highest BCUT2D eigenvalue weighted by atomic mass is 16.5. The van der Waals surface area contributed by atoms with Crippen LogP contribution in [0.1, 0.15) is 51.0 Å². The molecule has 0 unspecified atom stereocenters. The van der Waals surface area contributed by atoms with E-state index in [1.165, 1.54) is 44.1 Å². The Morgan fingerprint density at radius 3 is 2.41 bits per heavy atom. The zero-order chi connectivity index (χ0) is 11.9. The largest absolute Gasteiger partial charge is 0.374 e. The van der Waals surface area contributed by atoms with Gasteiger partial charge in [0, 0.05) is 0 Å². The Labute approximate surface area is 105 Å². The van der Waals surface area contributed by atoms with Gasteiger partial charge in [-0.1, -0.05) is 50.1 Å². The maximum Gasteiger partial charge on any atom is 0.0720 e. The van der Waals surface area contributed by atoms with Gasteiger partial charge >= 0.3 is 0 Å². The van der Waals surface area contributed by atoms with Gasteiger partial charge in [0.15, 0.2) is 0 Å². The van der Waals surface area contributed by atoms with Crippen LogP contribution in [0.4, 0.5) is 0 Å². The van der Waals surface area contributed by atoms with Crippen molar-refractivity contribution in [2.45, 2.75) is 58.2 Å². The molecule has 0 saturated heterocycles. The monoisotopic (exact) mass is 232 g/mol. The highest BCUT2D eigenvalue weighted by molar-refractivity contribution is 5.13. The number of benzene rings is 1. The number of hydrogen-bond acceptors (Lipinski definition) is 1. The summed E-state index contributed by atoms with van der Waals surface area (Å²) in [5.74, 6) is 0.969. The maximum atomic E-state index is 6.00. The fraction of sp³-hybridized carbons (Fsp3) is 0.625. The normalized spacial score (nSPS) is 24.8. The molecule has 0 radical (unpaired) electrons. The molecule has 1 aliphatic carbocycles. The molecule has 0 spiro atoms. The summed E-state index contributed by atoms with van der Waals surface area (Å²) in [6.07, 6.45) is 8.50. The van der Waals surface area contributed by atoms with E-state index in [0.29, 0.717) is 6.10 Å². The number of ether oxygens (including phenoxy) is 1. The summed E-state index contributed by atoms with van der Waals surface area (Å²) in [6.45, 7) is 3.07. The fourth-order valence-electron chi connectivity index (χ4n) is 2.78. The van der Waals surface area contributed by atoms with E-state index in [2.05, 4.69) is 37.3 Å². The molecule has 17 heavy (non-hydrogen) atoms. The lowest BCUT2D eigenvalue weighted by molar-refractivity contribution is 0.00631. The molecule has 1 aromatic carbocycles. The van der Waals surface area contributed by atoms with Crippen LogP contribution in [0.25, 0.3) is 0 Å². The molecule has 1 aliphatic rings. The van der Waals surface area contributed by atoms with E-state index in [4.69, 9.17) is 4.74 Å². The standard InChI is InChI=1S/C16H24O/c1-2-6-14-9-11-16(12-10-14)17-13-15-7-4-3-5-8-15/h3-5,7-8,14,16H,2,6,9-13H2,1H3. The van der Waals surface area contributed by atoms with Crippen molar-refractivity contribution in [3.63, 3.8) is 0 Å². The lowest BCUT2D eigenvalue weighted by Gasteiger charge is -2.28. The molecule has 0 bridgehead atoms. The number of rotatable bonds is 5. The van der Waals surface area contributed by atoms with Gasteiger partial charge in [-0.2, -0.15) is 0 Å². The molecular formula is C16H24O. The molecule has 0 aromatic heterocycles. The molecule has 1 fully saturated rings. The van der Waals surface area contributed by atoms with E-state index in [1.807, 2.05) is 0 Å². The summed E-state index contributed by atoms with van der Waals surface area (Å²) in [6, 6.07) is 10.5. The quantitative estimate of drug-likeness (QED) is 0.723. The van der Waals surface area contributed by atoms with Crippen molar-refractivity contribution >= 4 is 0 Å². The molecule has 0 atom stereocenters. The summed E-state index contributed by atoms with van der Waals surface area (Å²) in [4.78, 5) is 0. The van der Waals surface area contributed by atoms with E-state index in [9.17, 15) is 0 Å². The molecule has 2 rings (SSSR count). The second kappa shape index (κ2) is 6.80. The lowest BCUT2D eigenvalue weighted by Crippen LogP contribution is -2.21. The predicted octanol–water partition coefficient (Wildman–Crippen LogP) is 4.56. The zero-order valence-corrected chi connectivity index (χ0v) is 10.9. The lowest BCUT2D eigenvalue weighted by atomic mass is 9.85. The van der Waals surface area contributed by atoms with E-state index in [-0.39, 0.29) is 0 Å². The summed E-state index contributed by atoms with van der Waals surface area (Å²) in [7, 11) is 0. The van der Waals surface area contributed by atoms with E-state index >= 15 is 0 Å². The molecule has 94 valence electrons. The minimum Gasteiger partial charge on any atom is -0.374 e. The molecule has 1 aromatic rings. The molecule has 0 aliphatic heterocycles. The van der Waals surface area contributed by atoms with Crippen LogP contribution in [0.3, 0.4) is 0 Å². The highest BCUT2D eigenvalue weighted by Gasteiger charge is 2.20. The highest BCUT2D eigenvalue weighted by Crippen LogP contribution is 2.29. The first-order valence-corrected chi connectivity index (χ1v) is 7.04. The van der Waals surface area contributed by atoms with Crippen LogP contribution in [-0.4, -0.2) is 6.10 Å². The third kappa shape index (κ3) is 4.16. The molecule has 1 nitrogen and oxygen atoms in total. The minimum absolute atomic E-state index is 0.503. The van der Waals surface area contributed by atoms with E-state index < -0.39 is 0 Å². The molecular weight excluding hydrogens is 208 g/mol. The first kappa shape index (κ1) is 12.6. The first-order chi connectivity index (χ1) is 8.38. The van der Waals surface area contributed by atoms with Gasteiger partial charge in [-0.05, 0) is 37.2 Å². The Kier molecular flexibility index (Phi) is 5.06. The maximum absolute atomic E-state index is 6.00. The molecule has 0 heterocycles.